The molecule has 0 radical (unpaired) electrons. The lowest BCUT2D eigenvalue weighted by atomic mass is 9.90. The normalized spacial score (nSPS) is 26.1. The van der Waals surface area contributed by atoms with Gasteiger partial charge in [-0.05, 0) is 49.4 Å². The van der Waals surface area contributed by atoms with Gasteiger partial charge in [-0.15, -0.1) is 0 Å². The van der Waals surface area contributed by atoms with Crippen molar-refractivity contribution in [2.24, 2.45) is 11.8 Å². The van der Waals surface area contributed by atoms with Crippen molar-refractivity contribution in [3.8, 4) is 0 Å². The number of hydrogen-bond acceptors (Lipinski definition) is 1. The van der Waals surface area contributed by atoms with Crippen molar-refractivity contribution < 1.29 is 4.39 Å². The molecule has 1 fully saturated rings. The number of nitrogens with one attached hydrogen (secondary N) is 1. The van der Waals surface area contributed by atoms with E-state index in [0.717, 1.165) is 5.92 Å². The first kappa shape index (κ1) is 12.6. The SMILES string of the molecule is CCC1CCC(C(NC)c2ccc(F)cc2)C1. The minimum atomic E-state index is -0.151. The topological polar surface area (TPSA) is 12.0 Å². The summed E-state index contributed by atoms with van der Waals surface area (Å²) in [5.41, 5.74) is 1.22. The molecule has 3 atom stereocenters. The molecule has 1 aromatic rings. The molecule has 1 N–H and O–H groups in total. The average Bonchev–Trinajstić information content (AvgIpc) is 2.81. The molecule has 3 unspecified atom stereocenters. The Morgan fingerprint density at radius 3 is 2.53 bits per heavy atom. The molecule has 0 amide bonds. The zero-order chi connectivity index (χ0) is 12.3. The molecule has 1 nitrogen and oxygen atoms in total. The Hall–Kier alpha value is -0.890. The lowest BCUT2D eigenvalue weighted by Crippen LogP contribution is -2.23. The van der Waals surface area contributed by atoms with Crippen LogP contribution in [-0.2, 0) is 0 Å². The Bertz CT molecular complexity index is 346. The molecule has 17 heavy (non-hydrogen) atoms. The van der Waals surface area contributed by atoms with Gasteiger partial charge in [0.25, 0.3) is 0 Å². The summed E-state index contributed by atoms with van der Waals surface area (Å²) in [6.45, 7) is 2.28. The summed E-state index contributed by atoms with van der Waals surface area (Å²) in [5, 5.41) is 3.40. The molecule has 94 valence electrons. The Morgan fingerprint density at radius 1 is 1.29 bits per heavy atom. The maximum Gasteiger partial charge on any atom is 0.123 e. The minimum Gasteiger partial charge on any atom is -0.313 e. The third-order valence-corrected chi connectivity index (χ3v) is 4.17. The van der Waals surface area contributed by atoms with E-state index in [4.69, 9.17) is 0 Å². The van der Waals surface area contributed by atoms with Crippen LogP contribution in [0.3, 0.4) is 0 Å². The van der Waals surface area contributed by atoms with Gasteiger partial charge in [0.1, 0.15) is 5.82 Å². The second kappa shape index (κ2) is 5.63. The van der Waals surface area contributed by atoms with Crippen LogP contribution in [0, 0.1) is 17.7 Å². The van der Waals surface area contributed by atoms with Gasteiger partial charge in [-0.1, -0.05) is 31.9 Å². The van der Waals surface area contributed by atoms with Gasteiger partial charge in [0, 0.05) is 6.04 Å². The lowest BCUT2D eigenvalue weighted by molar-refractivity contribution is 0.372. The lowest BCUT2D eigenvalue weighted by Gasteiger charge is -2.23. The standard InChI is InChI=1S/C15H22FN/c1-3-11-4-5-13(10-11)15(17-2)12-6-8-14(16)9-7-12/h6-9,11,13,15,17H,3-5,10H2,1-2H3. The second-order valence-corrected chi connectivity index (χ2v) is 5.17. The third kappa shape index (κ3) is 2.86. The predicted molar refractivity (Wildman–Crippen MR) is 69.3 cm³/mol. The molecular formula is C15H22FN. The summed E-state index contributed by atoms with van der Waals surface area (Å²) in [6.07, 6.45) is 5.23. The van der Waals surface area contributed by atoms with Crippen molar-refractivity contribution in [3.05, 3.63) is 35.6 Å². The van der Waals surface area contributed by atoms with E-state index >= 15 is 0 Å². The van der Waals surface area contributed by atoms with E-state index in [9.17, 15) is 4.39 Å². The molecule has 1 aromatic carbocycles. The maximum absolute atomic E-state index is 12.9. The van der Waals surface area contributed by atoms with Gasteiger partial charge in [0.05, 0.1) is 0 Å². The van der Waals surface area contributed by atoms with Crippen LogP contribution in [0.5, 0.6) is 0 Å². The molecule has 0 saturated heterocycles. The van der Waals surface area contributed by atoms with Crippen LogP contribution in [-0.4, -0.2) is 7.05 Å². The van der Waals surface area contributed by atoms with Crippen LogP contribution in [0.1, 0.15) is 44.2 Å². The highest BCUT2D eigenvalue weighted by molar-refractivity contribution is 5.21. The van der Waals surface area contributed by atoms with E-state index in [1.54, 1.807) is 12.1 Å². The van der Waals surface area contributed by atoms with Crippen molar-refractivity contribution in [3.63, 3.8) is 0 Å². The molecule has 2 heteroatoms. The minimum absolute atomic E-state index is 0.151. The summed E-state index contributed by atoms with van der Waals surface area (Å²) in [5.74, 6) is 1.44. The molecule has 1 saturated carbocycles. The Labute approximate surface area is 103 Å². The molecule has 1 aliphatic carbocycles. The molecule has 0 heterocycles. The highest BCUT2D eigenvalue weighted by Crippen LogP contribution is 2.40. The van der Waals surface area contributed by atoms with Crippen LogP contribution in [0.25, 0.3) is 0 Å². The Balaban J connectivity index is 2.08. The Kier molecular flexibility index (Phi) is 4.16. The summed E-state index contributed by atoms with van der Waals surface area (Å²) < 4.78 is 12.9. The van der Waals surface area contributed by atoms with Gasteiger partial charge in [-0.25, -0.2) is 4.39 Å². The first-order chi connectivity index (χ1) is 8.24. The number of benzene rings is 1. The van der Waals surface area contributed by atoms with Crippen LogP contribution in [0.2, 0.25) is 0 Å². The maximum atomic E-state index is 12.9. The zero-order valence-electron chi connectivity index (χ0n) is 10.7. The average molecular weight is 235 g/mol. The van der Waals surface area contributed by atoms with Crippen LogP contribution in [0.4, 0.5) is 4.39 Å². The molecule has 0 bridgehead atoms. The van der Waals surface area contributed by atoms with E-state index in [0.29, 0.717) is 12.0 Å². The number of hydrogen-bond donors (Lipinski definition) is 1. The first-order valence-electron chi connectivity index (χ1n) is 6.67. The fourth-order valence-electron chi connectivity index (χ4n) is 3.13. The molecular weight excluding hydrogens is 213 g/mol. The van der Waals surface area contributed by atoms with Gasteiger partial charge < -0.3 is 5.32 Å². The number of rotatable bonds is 4. The van der Waals surface area contributed by atoms with E-state index in [-0.39, 0.29) is 5.82 Å². The highest BCUT2D eigenvalue weighted by atomic mass is 19.1. The van der Waals surface area contributed by atoms with Gasteiger partial charge in [-0.3, -0.25) is 0 Å². The summed E-state index contributed by atoms with van der Waals surface area (Å²) in [7, 11) is 2.01. The van der Waals surface area contributed by atoms with Crippen molar-refractivity contribution in [1.29, 1.82) is 0 Å². The van der Waals surface area contributed by atoms with Crippen LogP contribution in [0.15, 0.2) is 24.3 Å². The number of halogens is 1. The smallest absolute Gasteiger partial charge is 0.123 e. The Morgan fingerprint density at radius 2 is 2.00 bits per heavy atom. The van der Waals surface area contributed by atoms with E-state index in [2.05, 4.69) is 12.2 Å². The molecule has 2 rings (SSSR count). The zero-order valence-corrected chi connectivity index (χ0v) is 10.7. The summed E-state index contributed by atoms with van der Waals surface area (Å²) in [4.78, 5) is 0. The fraction of sp³-hybridized carbons (Fsp3) is 0.600. The van der Waals surface area contributed by atoms with Crippen LogP contribution >= 0.6 is 0 Å². The van der Waals surface area contributed by atoms with Crippen molar-refractivity contribution >= 4 is 0 Å². The summed E-state index contributed by atoms with van der Waals surface area (Å²) >= 11 is 0. The van der Waals surface area contributed by atoms with Crippen LogP contribution < -0.4 is 5.32 Å². The van der Waals surface area contributed by atoms with E-state index in [1.807, 2.05) is 19.2 Å². The highest BCUT2D eigenvalue weighted by Gasteiger charge is 2.29. The molecule has 0 spiro atoms. The predicted octanol–water partition coefficient (Wildman–Crippen LogP) is 3.91. The first-order valence-corrected chi connectivity index (χ1v) is 6.67. The van der Waals surface area contributed by atoms with Gasteiger partial charge >= 0.3 is 0 Å². The quantitative estimate of drug-likeness (QED) is 0.834. The summed E-state index contributed by atoms with van der Waals surface area (Å²) in [6, 6.07) is 7.33. The van der Waals surface area contributed by atoms with Crippen molar-refractivity contribution in [2.75, 3.05) is 7.05 Å². The van der Waals surface area contributed by atoms with Gasteiger partial charge in [0.15, 0.2) is 0 Å². The largest absolute Gasteiger partial charge is 0.313 e. The van der Waals surface area contributed by atoms with Crippen molar-refractivity contribution in [1.82, 2.24) is 5.32 Å². The second-order valence-electron chi connectivity index (χ2n) is 5.17. The van der Waals surface area contributed by atoms with E-state index < -0.39 is 0 Å². The fourth-order valence-corrected chi connectivity index (χ4v) is 3.13. The monoisotopic (exact) mass is 235 g/mol. The van der Waals surface area contributed by atoms with Gasteiger partial charge in [0.2, 0.25) is 0 Å². The molecule has 0 aliphatic heterocycles. The third-order valence-electron chi connectivity index (χ3n) is 4.17. The molecule has 1 aliphatic rings. The molecule has 0 aromatic heterocycles. The van der Waals surface area contributed by atoms with E-state index in [1.165, 1.54) is 31.2 Å². The van der Waals surface area contributed by atoms with Gasteiger partial charge in [-0.2, -0.15) is 0 Å². The van der Waals surface area contributed by atoms with Crippen molar-refractivity contribution in [2.45, 2.75) is 38.6 Å².